The van der Waals surface area contributed by atoms with E-state index in [2.05, 4.69) is 0 Å². The van der Waals surface area contributed by atoms with Crippen molar-refractivity contribution in [2.75, 3.05) is 0 Å². The van der Waals surface area contributed by atoms with Crippen molar-refractivity contribution >= 4 is 40.8 Å². The molecule has 2 rings (SSSR count). The van der Waals surface area contributed by atoms with Gasteiger partial charge in [-0.2, -0.15) is 0 Å². The molecular formula is C15H11Cl3O4. The van der Waals surface area contributed by atoms with Crippen LogP contribution in [0.3, 0.4) is 0 Å². The maximum Gasteiger partial charge on any atom is 0.344 e. The molecule has 0 aromatic heterocycles. The number of hydrogen-bond donors (Lipinski definition) is 1. The van der Waals surface area contributed by atoms with Crippen molar-refractivity contribution in [1.29, 1.82) is 0 Å². The van der Waals surface area contributed by atoms with Gasteiger partial charge in [0.25, 0.3) is 0 Å². The second-order valence-corrected chi connectivity index (χ2v) is 5.62. The molecule has 0 saturated heterocycles. The lowest BCUT2D eigenvalue weighted by molar-refractivity contribution is -0.144. The summed E-state index contributed by atoms with van der Waals surface area (Å²) in [5.41, 5.74) is 0. The van der Waals surface area contributed by atoms with Crippen molar-refractivity contribution in [2.24, 2.45) is 0 Å². The van der Waals surface area contributed by atoms with Gasteiger partial charge in [-0.05, 0) is 37.3 Å². The van der Waals surface area contributed by atoms with Gasteiger partial charge in [-0.15, -0.1) is 0 Å². The van der Waals surface area contributed by atoms with E-state index in [9.17, 15) is 4.79 Å². The summed E-state index contributed by atoms with van der Waals surface area (Å²) in [5.74, 6) is -0.0749. The van der Waals surface area contributed by atoms with Gasteiger partial charge < -0.3 is 14.6 Å². The number of aliphatic carboxylic acids is 1. The van der Waals surface area contributed by atoms with Crippen molar-refractivity contribution in [1.82, 2.24) is 0 Å². The molecule has 116 valence electrons. The molecule has 4 nitrogen and oxygen atoms in total. The maximum atomic E-state index is 10.8. The standard InChI is InChI=1S/C15H11Cl3O4/c1-8(15(19)20)21-14-7-10(3-4-11(14)17)22-13-5-2-9(16)6-12(13)18/h2-8H,1H3,(H,19,20). The van der Waals surface area contributed by atoms with Crippen LogP contribution in [-0.2, 0) is 4.79 Å². The molecule has 1 unspecified atom stereocenters. The van der Waals surface area contributed by atoms with Gasteiger partial charge in [0, 0.05) is 11.1 Å². The zero-order valence-electron chi connectivity index (χ0n) is 11.3. The molecule has 22 heavy (non-hydrogen) atoms. The Hall–Kier alpha value is -1.62. The molecular weight excluding hydrogens is 351 g/mol. The van der Waals surface area contributed by atoms with Crippen LogP contribution in [0.1, 0.15) is 6.92 Å². The number of halogens is 3. The SMILES string of the molecule is CC(Oc1cc(Oc2ccc(Cl)cc2Cl)ccc1Cl)C(=O)O. The number of rotatable bonds is 5. The molecule has 0 radical (unpaired) electrons. The van der Waals surface area contributed by atoms with Gasteiger partial charge in [0.1, 0.15) is 17.2 Å². The van der Waals surface area contributed by atoms with E-state index in [1.165, 1.54) is 13.0 Å². The summed E-state index contributed by atoms with van der Waals surface area (Å²) in [6, 6.07) is 9.48. The number of carbonyl (C=O) groups is 1. The fraction of sp³-hybridized carbons (Fsp3) is 0.133. The molecule has 0 bridgehead atoms. The number of hydrogen-bond acceptors (Lipinski definition) is 3. The molecule has 7 heteroatoms. The summed E-state index contributed by atoms with van der Waals surface area (Å²) in [6.07, 6.45) is -1.04. The Labute approximate surface area is 142 Å². The summed E-state index contributed by atoms with van der Waals surface area (Å²) in [6.45, 7) is 1.41. The predicted molar refractivity (Wildman–Crippen MR) is 85.7 cm³/mol. The van der Waals surface area contributed by atoms with Crippen LogP contribution >= 0.6 is 34.8 Å². The van der Waals surface area contributed by atoms with E-state index in [1.807, 2.05) is 0 Å². The van der Waals surface area contributed by atoms with E-state index < -0.39 is 12.1 Å². The fourth-order valence-corrected chi connectivity index (χ4v) is 2.17. The van der Waals surface area contributed by atoms with Crippen LogP contribution in [0.5, 0.6) is 17.2 Å². The van der Waals surface area contributed by atoms with Crippen LogP contribution in [-0.4, -0.2) is 17.2 Å². The third-order valence-electron chi connectivity index (χ3n) is 2.68. The van der Waals surface area contributed by atoms with Gasteiger partial charge in [-0.1, -0.05) is 34.8 Å². The Balaban J connectivity index is 2.23. The summed E-state index contributed by atoms with van der Waals surface area (Å²) < 4.78 is 10.9. The highest BCUT2D eigenvalue weighted by Gasteiger charge is 2.15. The third kappa shape index (κ3) is 4.19. The lowest BCUT2D eigenvalue weighted by Gasteiger charge is -2.14. The Morgan fingerprint density at radius 2 is 1.77 bits per heavy atom. The van der Waals surface area contributed by atoms with Gasteiger partial charge in [0.2, 0.25) is 0 Å². The second kappa shape index (κ2) is 7.09. The first kappa shape index (κ1) is 16.7. The average Bonchev–Trinajstić information content (AvgIpc) is 2.45. The van der Waals surface area contributed by atoms with E-state index >= 15 is 0 Å². The molecule has 0 heterocycles. The lowest BCUT2D eigenvalue weighted by atomic mass is 10.3. The zero-order valence-corrected chi connectivity index (χ0v) is 13.6. The Morgan fingerprint density at radius 1 is 1.05 bits per heavy atom. The second-order valence-electron chi connectivity index (χ2n) is 4.37. The van der Waals surface area contributed by atoms with E-state index in [0.29, 0.717) is 21.5 Å². The first-order chi connectivity index (χ1) is 10.4. The van der Waals surface area contributed by atoms with Gasteiger partial charge in [-0.3, -0.25) is 0 Å². The molecule has 0 spiro atoms. The zero-order chi connectivity index (χ0) is 16.3. The highest BCUT2D eigenvalue weighted by Crippen LogP contribution is 2.35. The highest BCUT2D eigenvalue weighted by molar-refractivity contribution is 6.35. The molecule has 0 saturated carbocycles. The van der Waals surface area contributed by atoms with E-state index in [1.54, 1.807) is 30.3 Å². The average molecular weight is 362 g/mol. The van der Waals surface area contributed by atoms with Crippen molar-refractivity contribution < 1.29 is 19.4 Å². The van der Waals surface area contributed by atoms with Crippen molar-refractivity contribution in [3.05, 3.63) is 51.5 Å². The molecule has 0 aliphatic heterocycles. The molecule has 0 amide bonds. The van der Waals surface area contributed by atoms with Crippen LogP contribution in [0.25, 0.3) is 0 Å². The van der Waals surface area contributed by atoms with E-state index in [4.69, 9.17) is 49.4 Å². The van der Waals surface area contributed by atoms with Crippen molar-refractivity contribution in [3.8, 4) is 17.2 Å². The van der Waals surface area contributed by atoms with Crippen LogP contribution in [0.4, 0.5) is 0 Å². The minimum atomic E-state index is -1.09. The van der Waals surface area contributed by atoms with Gasteiger partial charge in [0.05, 0.1) is 10.0 Å². The molecule has 0 aliphatic carbocycles. The highest BCUT2D eigenvalue weighted by atomic mass is 35.5. The van der Waals surface area contributed by atoms with Crippen LogP contribution in [0.15, 0.2) is 36.4 Å². The van der Waals surface area contributed by atoms with Gasteiger partial charge in [-0.25, -0.2) is 4.79 Å². The lowest BCUT2D eigenvalue weighted by Crippen LogP contribution is -2.22. The molecule has 1 N–H and O–H groups in total. The number of ether oxygens (including phenoxy) is 2. The van der Waals surface area contributed by atoms with Gasteiger partial charge >= 0.3 is 5.97 Å². The first-order valence-electron chi connectivity index (χ1n) is 6.18. The normalized spacial score (nSPS) is 11.8. The van der Waals surface area contributed by atoms with E-state index in [-0.39, 0.29) is 10.8 Å². The predicted octanol–water partition coefficient (Wildman–Crippen LogP) is 5.29. The van der Waals surface area contributed by atoms with Crippen LogP contribution in [0.2, 0.25) is 15.1 Å². The molecule has 0 fully saturated rings. The van der Waals surface area contributed by atoms with Crippen molar-refractivity contribution in [2.45, 2.75) is 13.0 Å². The molecule has 2 aromatic rings. The minimum absolute atomic E-state index is 0.208. The molecule has 2 aromatic carbocycles. The van der Waals surface area contributed by atoms with Gasteiger partial charge in [0.15, 0.2) is 6.10 Å². The number of benzene rings is 2. The van der Waals surface area contributed by atoms with Crippen LogP contribution < -0.4 is 9.47 Å². The maximum absolute atomic E-state index is 10.8. The fourth-order valence-electron chi connectivity index (χ4n) is 1.56. The first-order valence-corrected chi connectivity index (χ1v) is 7.32. The largest absolute Gasteiger partial charge is 0.479 e. The Kier molecular flexibility index (Phi) is 5.40. The quantitative estimate of drug-likeness (QED) is 0.786. The number of carboxylic acids is 1. The third-order valence-corrected chi connectivity index (χ3v) is 3.52. The smallest absolute Gasteiger partial charge is 0.344 e. The summed E-state index contributed by atoms with van der Waals surface area (Å²) in [5, 5.41) is 10.00. The molecule has 1 atom stereocenters. The number of carboxylic acid groups (broad SMARTS) is 1. The summed E-state index contributed by atoms with van der Waals surface area (Å²) >= 11 is 17.8. The summed E-state index contributed by atoms with van der Waals surface area (Å²) in [7, 11) is 0. The monoisotopic (exact) mass is 360 g/mol. The minimum Gasteiger partial charge on any atom is -0.479 e. The Bertz CT molecular complexity index is 703. The molecule has 0 aliphatic rings. The van der Waals surface area contributed by atoms with Crippen molar-refractivity contribution in [3.63, 3.8) is 0 Å². The van der Waals surface area contributed by atoms with Crippen LogP contribution in [0, 0.1) is 0 Å². The van der Waals surface area contributed by atoms with E-state index in [0.717, 1.165) is 0 Å². The summed E-state index contributed by atoms with van der Waals surface area (Å²) in [4.78, 5) is 10.8. The topological polar surface area (TPSA) is 55.8 Å². The Morgan fingerprint density at radius 3 is 2.41 bits per heavy atom.